The Morgan fingerprint density at radius 3 is 2.21 bits per heavy atom. The van der Waals surface area contributed by atoms with Crippen molar-refractivity contribution >= 4 is 14.3 Å². The van der Waals surface area contributed by atoms with Crippen LogP contribution in [-0.4, -0.2) is 26.0 Å². The first kappa shape index (κ1) is 15.9. The number of carbonyl (C=O) groups is 1. The molecule has 1 N–H and O–H groups in total. The van der Waals surface area contributed by atoms with Gasteiger partial charge in [0, 0.05) is 0 Å². The van der Waals surface area contributed by atoms with Crippen molar-refractivity contribution < 1.29 is 14.3 Å². The average molecular weight is 280 g/mol. The Labute approximate surface area is 116 Å². The maximum atomic E-state index is 12.3. The number of aliphatic hydroxyl groups excluding tert-OH is 1. The molecular weight excluding hydrogens is 256 g/mol. The van der Waals surface area contributed by atoms with E-state index in [-0.39, 0.29) is 17.6 Å². The Morgan fingerprint density at radius 1 is 1.26 bits per heavy atom. The normalized spacial score (nSPS) is 14.0. The maximum Gasteiger partial charge on any atom is 0.302 e. The minimum atomic E-state index is -2.14. The molecule has 0 aliphatic heterocycles. The van der Waals surface area contributed by atoms with Crippen LogP contribution in [0.5, 0.6) is 0 Å². The van der Waals surface area contributed by atoms with Crippen LogP contribution in [0.15, 0.2) is 30.3 Å². The van der Waals surface area contributed by atoms with Crippen LogP contribution in [0.25, 0.3) is 0 Å². The Kier molecular flexibility index (Phi) is 4.93. The van der Waals surface area contributed by atoms with Gasteiger partial charge >= 0.3 is 5.97 Å². The van der Waals surface area contributed by atoms with Gasteiger partial charge in [-0.05, 0) is 23.7 Å². The number of benzene rings is 1. The Balaban J connectivity index is 2.88. The summed E-state index contributed by atoms with van der Waals surface area (Å²) in [5.41, 5.74) is 0.800. The Morgan fingerprint density at radius 2 is 1.79 bits per heavy atom. The minimum Gasteiger partial charge on any atom is -0.519 e. The largest absolute Gasteiger partial charge is 0.519 e. The third-order valence-electron chi connectivity index (χ3n) is 3.83. The summed E-state index contributed by atoms with van der Waals surface area (Å²) >= 11 is 0. The van der Waals surface area contributed by atoms with Gasteiger partial charge in [0.2, 0.25) is 0 Å². The summed E-state index contributed by atoms with van der Waals surface area (Å²) in [6.45, 7) is 10.1. The molecular formula is C15H24O3Si. The molecule has 0 saturated carbocycles. The van der Waals surface area contributed by atoms with Crippen molar-refractivity contribution in [2.45, 2.75) is 44.8 Å². The van der Waals surface area contributed by atoms with Crippen LogP contribution in [0.4, 0.5) is 0 Å². The van der Waals surface area contributed by atoms with E-state index in [1.165, 1.54) is 0 Å². The lowest BCUT2D eigenvalue weighted by molar-refractivity contribution is -0.138. The molecule has 0 saturated heterocycles. The van der Waals surface area contributed by atoms with Crippen LogP contribution in [0.2, 0.25) is 18.1 Å². The lowest BCUT2D eigenvalue weighted by Gasteiger charge is -2.36. The van der Waals surface area contributed by atoms with Gasteiger partial charge in [-0.25, -0.2) is 0 Å². The molecule has 0 radical (unpaired) electrons. The van der Waals surface area contributed by atoms with Gasteiger partial charge in [-0.2, -0.15) is 0 Å². The molecule has 4 heteroatoms. The third-order valence-corrected chi connectivity index (χ3v) is 8.15. The topological polar surface area (TPSA) is 46.5 Å². The first-order valence-corrected chi connectivity index (χ1v) is 9.48. The summed E-state index contributed by atoms with van der Waals surface area (Å²) in [5.74, 6) is -0.907. The highest BCUT2D eigenvalue weighted by Gasteiger charge is 2.41. The van der Waals surface area contributed by atoms with E-state index in [0.717, 1.165) is 5.56 Å². The summed E-state index contributed by atoms with van der Waals surface area (Å²) in [5, 5.41) is 9.44. The number of hydrogen-bond acceptors (Lipinski definition) is 3. The standard InChI is InChI=1S/C15H24O3Si/c1-15(2,3)19(4,5)18-14(17)13(11-16)12-9-7-6-8-10-12/h6-10,13,16H,11H2,1-5H3. The molecule has 1 aromatic rings. The van der Waals surface area contributed by atoms with Gasteiger partial charge in [0.05, 0.1) is 6.61 Å². The summed E-state index contributed by atoms with van der Waals surface area (Å²) in [4.78, 5) is 12.3. The zero-order valence-corrected chi connectivity index (χ0v) is 13.4. The van der Waals surface area contributed by atoms with Crippen LogP contribution in [0, 0.1) is 0 Å². The van der Waals surface area contributed by atoms with Crippen LogP contribution >= 0.6 is 0 Å². The predicted octanol–water partition coefficient (Wildman–Crippen LogP) is 3.31. The van der Waals surface area contributed by atoms with Crippen LogP contribution in [0.3, 0.4) is 0 Å². The van der Waals surface area contributed by atoms with Crippen molar-refractivity contribution in [1.82, 2.24) is 0 Å². The van der Waals surface area contributed by atoms with E-state index in [0.29, 0.717) is 0 Å². The molecule has 0 bridgehead atoms. The second-order valence-electron chi connectivity index (χ2n) is 6.33. The van der Waals surface area contributed by atoms with E-state index >= 15 is 0 Å². The van der Waals surface area contributed by atoms with Crippen molar-refractivity contribution in [3.8, 4) is 0 Å². The molecule has 0 spiro atoms. The fraction of sp³-hybridized carbons (Fsp3) is 0.533. The van der Waals surface area contributed by atoms with Crippen molar-refractivity contribution in [1.29, 1.82) is 0 Å². The molecule has 106 valence electrons. The van der Waals surface area contributed by atoms with Crippen molar-refractivity contribution in [2.75, 3.05) is 6.61 Å². The van der Waals surface area contributed by atoms with Crippen molar-refractivity contribution in [3.63, 3.8) is 0 Å². The van der Waals surface area contributed by atoms with Crippen LogP contribution < -0.4 is 0 Å². The van der Waals surface area contributed by atoms with Crippen molar-refractivity contribution in [3.05, 3.63) is 35.9 Å². The molecule has 19 heavy (non-hydrogen) atoms. The van der Waals surface area contributed by atoms with Gasteiger partial charge in [0.15, 0.2) is 0 Å². The van der Waals surface area contributed by atoms with Crippen LogP contribution in [0.1, 0.15) is 32.3 Å². The van der Waals surface area contributed by atoms with E-state index in [1.54, 1.807) is 0 Å². The van der Waals surface area contributed by atoms with Gasteiger partial charge in [0.25, 0.3) is 8.32 Å². The number of carbonyl (C=O) groups excluding carboxylic acids is 1. The summed E-state index contributed by atoms with van der Waals surface area (Å²) in [7, 11) is -2.14. The molecule has 0 aromatic heterocycles. The Bertz CT molecular complexity index is 421. The van der Waals surface area contributed by atoms with Gasteiger partial charge in [-0.15, -0.1) is 0 Å². The highest BCUT2D eigenvalue weighted by Crippen LogP contribution is 2.37. The van der Waals surface area contributed by atoms with E-state index in [1.807, 2.05) is 43.4 Å². The van der Waals surface area contributed by atoms with Gasteiger partial charge < -0.3 is 9.53 Å². The zero-order chi connectivity index (χ0) is 14.7. The molecule has 0 heterocycles. The lowest BCUT2D eigenvalue weighted by Crippen LogP contribution is -2.44. The SMILES string of the molecule is CC(C)(C)[Si](C)(C)OC(=O)C(CO)c1ccccc1. The van der Waals surface area contributed by atoms with Crippen molar-refractivity contribution in [2.24, 2.45) is 0 Å². The number of aliphatic hydroxyl groups is 1. The highest BCUT2D eigenvalue weighted by atomic mass is 28.4. The van der Waals surface area contributed by atoms with E-state index < -0.39 is 14.2 Å². The van der Waals surface area contributed by atoms with Gasteiger partial charge in [-0.3, -0.25) is 4.79 Å². The summed E-state index contributed by atoms with van der Waals surface area (Å²) in [6.07, 6.45) is 0. The average Bonchev–Trinajstić information content (AvgIpc) is 2.29. The molecule has 0 aliphatic carbocycles. The summed E-state index contributed by atoms with van der Waals surface area (Å²) in [6, 6.07) is 9.29. The second-order valence-corrected chi connectivity index (χ2v) is 11.1. The molecule has 3 nitrogen and oxygen atoms in total. The molecule has 0 fully saturated rings. The Hall–Kier alpha value is -1.13. The molecule has 1 rings (SSSR count). The quantitative estimate of drug-likeness (QED) is 0.861. The molecule has 0 aliphatic rings. The van der Waals surface area contributed by atoms with Gasteiger partial charge in [-0.1, -0.05) is 51.1 Å². The molecule has 1 aromatic carbocycles. The maximum absolute atomic E-state index is 12.3. The van der Waals surface area contributed by atoms with Gasteiger partial charge in [0.1, 0.15) is 5.92 Å². The zero-order valence-electron chi connectivity index (χ0n) is 12.4. The molecule has 1 unspecified atom stereocenters. The fourth-order valence-corrected chi connectivity index (χ4v) is 2.43. The summed E-state index contributed by atoms with van der Waals surface area (Å²) < 4.78 is 5.75. The lowest BCUT2D eigenvalue weighted by atomic mass is 10.0. The van der Waals surface area contributed by atoms with E-state index in [9.17, 15) is 9.90 Å². The smallest absolute Gasteiger partial charge is 0.302 e. The predicted molar refractivity (Wildman–Crippen MR) is 79.6 cm³/mol. The monoisotopic (exact) mass is 280 g/mol. The highest BCUT2D eigenvalue weighted by molar-refractivity contribution is 6.75. The third kappa shape index (κ3) is 3.91. The minimum absolute atomic E-state index is 0.0284. The van der Waals surface area contributed by atoms with E-state index in [2.05, 4.69) is 20.8 Å². The first-order valence-electron chi connectivity index (χ1n) is 6.57. The van der Waals surface area contributed by atoms with Crippen LogP contribution in [-0.2, 0) is 9.22 Å². The van der Waals surface area contributed by atoms with E-state index in [4.69, 9.17) is 4.43 Å². The number of rotatable bonds is 4. The number of hydrogen-bond donors (Lipinski definition) is 1. The first-order chi connectivity index (χ1) is 8.69. The second kappa shape index (κ2) is 5.88. The fourth-order valence-electron chi connectivity index (χ4n) is 1.48. The molecule has 0 amide bonds. The molecule has 1 atom stereocenters.